The third-order valence-electron chi connectivity index (χ3n) is 4.06. The lowest BCUT2D eigenvalue weighted by molar-refractivity contribution is 0.251. The maximum absolute atomic E-state index is 12.5. The molecule has 1 aromatic heterocycles. The van der Waals surface area contributed by atoms with Crippen LogP contribution in [-0.2, 0) is 10.0 Å². The van der Waals surface area contributed by atoms with Crippen molar-refractivity contribution in [3.63, 3.8) is 0 Å². The lowest BCUT2D eigenvalue weighted by Gasteiger charge is -2.38. The zero-order valence-electron chi connectivity index (χ0n) is 12.4. The van der Waals surface area contributed by atoms with Crippen molar-refractivity contribution in [2.45, 2.75) is 36.6 Å². The zero-order valence-corrected chi connectivity index (χ0v) is 14.0. The summed E-state index contributed by atoms with van der Waals surface area (Å²) in [6, 6.07) is 7.11. The fourth-order valence-electron chi connectivity index (χ4n) is 2.58. The highest BCUT2D eigenvalue weighted by Crippen LogP contribution is 2.29. The molecule has 0 radical (unpaired) electrons. The van der Waals surface area contributed by atoms with Crippen LogP contribution in [0.15, 0.2) is 35.4 Å². The highest BCUT2D eigenvalue weighted by Gasteiger charge is 2.34. The molecule has 5 nitrogen and oxygen atoms in total. The molecule has 0 amide bonds. The second-order valence-electron chi connectivity index (χ2n) is 5.88. The summed E-state index contributed by atoms with van der Waals surface area (Å²) >= 11 is 0. The Morgan fingerprint density at radius 3 is 2.73 bits per heavy atom. The molecule has 1 aliphatic rings. The predicted molar refractivity (Wildman–Crippen MR) is 89.7 cm³/mol. The normalized spacial score (nSPS) is 16.8. The van der Waals surface area contributed by atoms with E-state index >= 15 is 0 Å². The van der Waals surface area contributed by atoms with Crippen molar-refractivity contribution in [2.24, 2.45) is 5.73 Å². The molecular weight excluding hydrogens is 322 g/mol. The van der Waals surface area contributed by atoms with Gasteiger partial charge in [-0.25, -0.2) is 13.1 Å². The number of halogens is 1. The number of sulfonamides is 1. The summed E-state index contributed by atoms with van der Waals surface area (Å²) in [5.41, 5.74) is 7.19. The quantitative estimate of drug-likeness (QED) is 0.892. The minimum atomic E-state index is -3.60. The van der Waals surface area contributed by atoms with E-state index in [1.54, 1.807) is 18.3 Å². The van der Waals surface area contributed by atoms with Crippen LogP contribution in [0.1, 0.15) is 24.8 Å². The Bertz CT molecular complexity index is 788. The van der Waals surface area contributed by atoms with E-state index in [0.29, 0.717) is 5.52 Å². The van der Waals surface area contributed by atoms with Gasteiger partial charge < -0.3 is 5.73 Å². The van der Waals surface area contributed by atoms with Gasteiger partial charge in [-0.05, 0) is 43.9 Å². The van der Waals surface area contributed by atoms with Crippen molar-refractivity contribution in [1.82, 2.24) is 9.71 Å². The minimum absolute atomic E-state index is 0. The molecule has 1 fully saturated rings. The Morgan fingerprint density at radius 2 is 2.09 bits per heavy atom. The molecular formula is C15H20ClN3O2S. The molecule has 1 aliphatic carbocycles. The molecule has 22 heavy (non-hydrogen) atoms. The molecule has 1 saturated carbocycles. The van der Waals surface area contributed by atoms with Crippen LogP contribution in [0.2, 0.25) is 0 Å². The number of nitrogens with zero attached hydrogens (tertiary/aromatic N) is 1. The standard InChI is InChI=1S/C15H19N3O2S.ClH/c1-11-8-12-4-2-5-13(14(12)17-9-11)21(19,20)18-10-15(16)6-3-7-15;/h2,4-5,8-9,18H,3,6-7,10,16H2,1H3;1H. The molecule has 0 bridgehead atoms. The van der Waals surface area contributed by atoms with Gasteiger partial charge in [0.2, 0.25) is 10.0 Å². The molecule has 0 unspecified atom stereocenters. The number of pyridine rings is 1. The van der Waals surface area contributed by atoms with Crippen LogP contribution in [0.4, 0.5) is 0 Å². The van der Waals surface area contributed by atoms with Gasteiger partial charge in [-0.15, -0.1) is 12.4 Å². The number of aryl methyl sites for hydroxylation is 1. The van der Waals surface area contributed by atoms with Crippen molar-refractivity contribution in [1.29, 1.82) is 0 Å². The largest absolute Gasteiger partial charge is 0.324 e. The maximum Gasteiger partial charge on any atom is 0.242 e. The van der Waals surface area contributed by atoms with E-state index in [0.717, 1.165) is 30.2 Å². The van der Waals surface area contributed by atoms with Gasteiger partial charge in [0, 0.05) is 23.7 Å². The molecule has 7 heteroatoms. The van der Waals surface area contributed by atoms with Crippen molar-refractivity contribution >= 4 is 33.3 Å². The fraction of sp³-hybridized carbons (Fsp3) is 0.400. The lowest BCUT2D eigenvalue weighted by atomic mass is 9.78. The average molecular weight is 342 g/mol. The van der Waals surface area contributed by atoms with Gasteiger partial charge in [-0.3, -0.25) is 4.98 Å². The first kappa shape index (κ1) is 17.1. The Labute approximate surface area is 136 Å². The monoisotopic (exact) mass is 341 g/mol. The fourth-order valence-corrected chi connectivity index (χ4v) is 3.90. The van der Waals surface area contributed by atoms with E-state index in [4.69, 9.17) is 5.73 Å². The van der Waals surface area contributed by atoms with Gasteiger partial charge in [0.25, 0.3) is 0 Å². The molecule has 3 rings (SSSR count). The second-order valence-corrected chi connectivity index (χ2v) is 7.62. The van der Waals surface area contributed by atoms with E-state index in [2.05, 4.69) is 9.71 Å². The van der Waals surface area contributed by atoms with Crippen LogP contribution in [0.5, 0.6) is 0 Å². The number of benzene rings is 1. The molecule has 1 aromatic carbocycles. The molecule has 0 aliphatic heterocycles. The maximum atomic E-state index is 12.5. The first-order valence-corrected chi connectivity index (χ1v) is 8.52. The van der Waals surface area contributed by atoms with Gasteiger partial charge in [0.05, 0.1) is 5.52 Å². The van der Waals surface area contributed by atoms with Gasteiger partial charge >= 0.3 is 0 Å². The van der Waals surface area contributed by atoms with Gasteiger partial charge in [-0.2, -0.15) is 0 Å². The third-order valence-corrected chi connectivity index (χ3v) is 5.50. The minimum Gasteiger partial charge on any atom is -0.324 e. The molecule has 2 aromatic rings. The molecule has 0 spiro atoms. The zero-order chi connectivity index (χ0) is 15.1. The van der Waals surface area contributed by atoms with Crippen LogP contribution in [-0.4, -0.2) is 25.5 Å². The van der Waals surface area contributed by atoms with Crippen LogP contribution in [0, 0.1) is 6.92 Å². The summed E-state index contributed by atoms with van der Waals surface area (Å²) in [4.78, 5) is 4.49. The van der Waals surface area contributed by atoms with E-state index in [1.165, 1.54) is 0 Å². The Morgan fingerprint density at radius 1 is 1.36 bits per heavy atom. The van der Waals surface area contributed by atoms with Crippen molar-refractivity contribution in [2.75, 3.05) is 6.54 Å². The molecule has 0 saturated heterocycles. The smallest absolute Gasteiger partial charge is 0.242 e. The predicted octanol–water partition coefficient (Wildman–Crippen LogP) is 2.12. The first-order chi connectivity index (χ1) is 9.90. The third kappa shape index (κ3) is 3.25. The highest BCUT2D eigenvalue weighted by molar-refractivity contribution is 7.89. The highest BCUT2D eigenvalue weighted by atomic mass is 35.5. The van der Waals surface area contributed by atoms with Crippen molar-refractivity contribution in [3.8, 4) is 0 Å². The molecule has 0 atom stereocenters. The number of hydrogen-bond donors (Lipinski definition) is 2. The Kier molecular flexibility index (Phi) is 4.77. The number of nitrogens with two attached hydrogens (primary N) is 1. The SMILES string of the molecule is Cc1cnc2c(S(=O)(=O)NCC3(N)CCC3)cccc2c1.Cl. The molecule has 1 heterocycles. The summed E-state index contributed by atoms with van der Waals surface area (Å²) < 4.78 is 27.7. The molecule has 3 N–H and O–H groups in total. The summed E-state index contributed by atoms with van der Waals surface area (Å²) in [5, 5.41) is 0.823. The van der Waals surface area contributed by atoms with Crippen LogP contribution >= 0.6 is 12.4 Å². The second kappa shape index (κ2) is 6.12. The van der Waals surface area contributed by atoms with Crippen LogP contribution in [0.3, 0.4) is 0 Å². The molecule has 120 valence electrons. The average Bonchev–Trinajstić information content (AvgIpc) is 2.42. The number of hydrogen-bond acceptors (Lipinski definition) is 4. The van der Waals surface area contributed by atoms with E-state index in [9.17, 15) is 8.42 Å². The Hall–Kier alpha value is -1.21. The number of nitrogens with one attached hydrogen (secondary N) is 1. The first-order valence-electron chi connectivity index (χ1n) is 7.04. The summed E-state index contributed by atoms with van der Waals surface area (Å²) in [6.07, 6.45) is 4.47. The van der Waals surface area contributed by atoms with E-state index < -0.39 is 10.0 Å². The van der Waals surface area contributed by atoms with Crippen LogP contribution in [0.25, 0.3) is 10.9 Å². The summed E-state index contributed by atoms with van der Waals surface area (Å²) in [7, 11) is -3.60. The number of aromatic nitrogens is 1. The topological polar surface area (TPSA) is 85.1 Å². The van der Waals surface area contributed by atoms with Gasteiger partial charge in [0.15, 0.2) is 0 Å². The van der Waals surface area contributed by atoms with Crippen molar-refractivity contribution in [3.05, 3.63) is 36.0 Å². The van der Waals surface area contributed by atoms with E-state index in [1.807, 2.05) is 19.1 Å². The van der Waals surface area contributed by atoms with Crippen LogP contribution < -0.4 is 10.5 Å². The summed E-state index contributed by atoms with van der Waals surface area (Å²) in [5.74, 6) is 0. The Balaban J connectivity index is 0.00000176. The van der Waals surface area contributed by atoms with Gasteiger partial charge in [0.1, 0.15) is 4.90 Å². The van der Waals surface area contributed by atoms with Crippen molar-refractivity contribution < 1.29 is 8.42 Å². The lowest BCUT2D eigenvalue weighted by Crippen LogP contribution is -2.54. The van der Waals surface area contributed by atoms with E-state index in [-0.39, 0.29) is 29.4 Å². The number of fused-ring (bicyclic) bond motifs is 1. The number of rotatable bonds is 4. The number of para-hydroxylation sites is 1. The van der Waals surface area contributed by atoms with Gasteiger partial charge in [-0.1, -0.05) is 12.1 Å². The summed E-state index contributed by atoms with van der Waals surface area (Å²) in [6.45, 7) is 2.21.